The second-order valence-electron chi connectivity index (χ2n) is 7.39. The summed E-state index contributed by atoms with van der Waals surface area (Å²) < 4.78 is 23.6. The Morgan fingerprint density at radius 1 is 1.40 bits per heavy atom. The standard InChI is InChI=1S/C18H24N2O4S/c1-18(2,3)24-17(21)20-10-6-7-13(11-20)12-25(22)16-19-14-8-4-5-9-15(14)23-16/h4-5,8-9,13H,6-7,10-12H2,1-3H3/t13-,25-/m1/s1. The summed E-state index contributed by atoms with van der Waals surface area (Å²) in [6, 6.07) is 7.38. The Balaban J connectivity index is 1.62. The second kappa shape index (κ2) is 7.15. The smallest absolute Gasteiger partial charge is 0.410 e. The molecule has 3 rings (SSSR count). The lowest BCUT2D eigenvalue weighted by Crippen LogP contribution is -2.43. The summed E-state index contributed by atoms with van der Waals surface area (Å²) in [7, 11) is -1.32. The molecule has 136 valence electrons. The highest BCUT2D eigenvalue weighted by Gasteiger charge is 2.29. The molecule has 1 aliphatic heterocycles. The van der Waals surface area contributed by atoms with Crippen LogP contribution in [0.2, 0.25) is 0 Å². The number of carbonyl (C=O) groups is 1. The number of hydrogen-bond donors (Lipinski definition) is 0. The predicted molar refractivity (Wildman–Crippen MR) is 95.8 cm³/mol. The van der Waals surface area contributed by atoms with Crippen molar-refractivity contribution in [3.05, 3.63) is 24.3 Å². The van der Waals surface area contributed by atoms with Crippen molar-refractivity contribution in [1.29, 1.82) is 0 Å². The fourth-order valence-corrected chi connectivity index (χ4v) is 4.15. The molecule has 0 radical (unpaired) electrons. The van der Waals surface area contributed by atoms with Crippen LogP contribution in [0.5, 0.6) is 0 Å². The van der Waals surface area contributed by atoms with Crippen LogP contribution in [0, 0.1) is 5.92 Å². The van der Waals surface area contributed by atoms with E-state index in [1.54, 1.807) is 4.90 Å². The van der Waals surface area contributed by atoms with Crippen molar-refractivity contribution in [3.8, 4) is 0 Å². The zero-order valence-corrected chi connectivity index (χ0v) is 15.7. The number of nitrogens with zero attached hydrogens (tertiary/aromatic N) is 2. The van der Waals surface area contributed by atoms with Gasteiger partial charge in [0.25, 0.3) is 5.22 Å². The number of rotatable bonds is 3. The van der Waals surface area contributed by atoms with Crippen molar-refractivity contribution in [3.63, 3.8) is 0 Å². The van der Waals surface area contributed by atoms with Gasteiger partial charge in [-0.05, 0) is 51.7 Å². The number of likely N-dealkylation sites (tertiary alicyclic amines) is 1. The van der Waals surface area contributed by atoms with Crippen LogP contribution in [0.1, 0.15) is 33.6 Å². The number of fused-ring (bicyclic) bond motifs is 1. The third-order valence-corrected chi connectivity index (χ3v) is 5.37. The van der Waals surface area contributed by atoms with Crippen molar-refractivity contribution in [2.45, 2.75) is 44.4 Å². The molecule has 0 N–H and O–H groups in total. The highest BCUT2D eigenvalue weighted by atomic mass is 32.2. The van der Waals surface area contributed by atoms with E-state index in [4.69, 9.17) is 9.15 Å². The van der Waals surface area contributed by atoms with Gasteiger partial charge >= 0.3 is 6.09 Å². The molecular formula is C18H24N2O4S. The Morgan fingerprint density at radius 3 is 2.88 bits per heavy atom. The van der Waals surface area contributed by atoms with E-state index in [0.29, 0.717) is 29.9 Å². The summed E-state index contributed by atoms with van der Waals surface area (Å²) in [6.45, 7) is 6.81. The maximum atomic E-state index is 12.6. The van der Waals surface area contributed by atoms with Crippen LogP contribution in [-0.2, 0) is 15.5 Å². The number of para-hydroxylation sites is 2. The molecule has 2 atom stereocenters. The number of carbonyl (C=O) groups excluding carboxylic acids is 1. The van der Waals surface area contributed by atoms with Crippen LogP contribution in [-0.4, -0.2) is 44.6 Å². The molecule has 7 heteroatoms. The summed E-state index contributed by atoms with van der Waals surface area (Å²) in [4.78, 5) is 18.2. The third-order valence-electron chi connectivity index (χ3n) is 4.03. The summed E-state index contributed by atoms with van der Waals surface area (Å²) in [6.07, 6.45) is 1.52. The quantitative estimate of drug-likeness (QED) is 0.832. The SMILES string of the molecule is CC(C)(C)OC(=O)N1CCC[C@@H](C[S@@](=O)c2nc3ccccc3o2)C1. The van der Waals surface area contributed by atoms with Crippen molar-refractivity contribution >= 4 is 28.0 Å². The molecule has 2 aromatic rings. The zero-order chi connectivity index (χ0) is 18.0. The van der Waals surface area contributed by atoms with E-state index in [0.717, 1.165) is 12.8 Å². The van der Waals surface area contributed by atoms with E-state index in [1.165, 1.54) is 0 Å². The van der Waals surface area contributed by atoms with Gasteiger partial charge in [-0.3, -0.25) is 0 Å². The van der Waals surface area contributed by atoms with Gasteiger partial charge in [-0.2, -0.15) is 0 Å². The minimum Gasteiger partial charge on any atom is -0.444 e. The molecule has 0 bridgehead atoms. The van der Waals surface area contributed by atoms with Crippen LogP contribution in [0.25, 0.3) is 11.1 Å². The lowest BCUT2D eigenvalue weighted by Gasteiger charge is -2.33. The van der Waals surface area contributed by atoms with E-state index in [-0.39, 0.29) is 17.2 Å². The van der Waals surface area contributed by atoms with Crippen molar-refractivity contribution in [2.24, 2.45) is 5.92 Å². The molecule has 0 aliphatic carbocycles. The molecule has 0 saturated carbocycles. The number of benzene rings is 1. The zero-order valence-electron chi connectivity index (χ0n) is 14.9. The Bertz CT molecular complexity index is 748. The molecule has 1 aromatic heterocycles. The minimum absolute atomic E-state index is 0.150. The maximum absolute atomic E-state index is 12.6. The van der Waals surface area contributed by atoms with Gasteiger partial charge in [0.15, 0.2) is 5.58 Å². The van der Waals surface area contributed by atoms with Crippen LogP contribution >= 0.6 is 0 Å². The summed E-state index contributed by atoms with van der Waals surface area (Å²) in [5, 5.41) is 0.260. The van der Waals surface area contributed by atoms with E-state index >= 15 is 0 Å². The molecule has 1 aliphatic rings. The van der Waals surface area contributed by atoms with Gasteiger partial charge in [0.1, 0.15) is 21.9 Å². The second-order valence-corrected chi connectivity index (χ2v) is 8.77. The number of piperidine rings is 1. The number of amides is 1. The maximum Gasteiger partial charge on any atom is 0.410 e. The van der Waals surface area contributed by atoms with E-state index in [2.05, 4.69) is 4.98 Å². The van der Waals surface area contributed by atoms with Crippen LogP contribution in [0.4, 0.5) is 4.79 Å². The number of ether oxygens (including phenoxy) is 1. The van der Waals surface area contributed by atoms with Crippen LogP contribution in [0.3, 0.4) is 0 Å². The first-order valence-corrected chi connectivity index (χ1v) is 9.85. The highest BCUT2D eigenvalue weighted by molar-refractivity contribution is 7.84. The Hall–Kier alpha value is -1.89. The number of hydrogen-bond acceptors (Lipinski definition) is 5. The predicted octanol–water partition coefficient (Wildman–Crippen LogP) is 3.58. The Kier molecular flexibility index (Phi) is 5.13. The van der Waals surface area contributed by atoms with Gasteiger partial charge < -0.3 is 14.1 Å². The first-order valence-electron chi connectivity index (χ1n) is 8.54. The summed E-state index contributed by atoms with van der Waals surface area (Å²) in [5.74, 6) is 0.587. The fourth-order valence-electron chi connectivity index (χ4n) is 2.93. The number of oxazole rings is 1. The highest BCUT2D eigenvalue weighted by Crippen LogP contribution is 2.23. The molecule has 0 unspecified atom stereocenters. The first-order chi connectivity index (χ1) is 11.8. The lowest BCUT2D eigenvalue weighted by atomic mass is 10.0. The monoisotopic (exact) mass is 364 g/mol. The minimum atomic E-state index is -1.32. The van der Waals surface area contributed by atoms with E-state index in [1.807, 2.05) is 45.0 Å². The number of aromatic nitrogens is 1. The molecule has 1 saturated heterocycles. The molecular weight excluding hydrogens is 340 g/mol. The fraction of sp³-hybridized carbons (Fsp3) is 0.556. The van der Waals surface area contributed by atoms with E-state index in [9.17, 15) is 9.00 Å². The molecule has 1 aromatic carbocycles. The van der Waals surface area contributed by atoms with Gasteiger partial charge in [0.2, 0.25) is 0 Å². The molecule has 0 spiro atoms. The molecule has 1 fully saturated rings. The topological polar surface area (TPSA) is 72.6 Å². The summed E-state index contributed by atoms with van der Waals surface area (Å²) in [5.41, 5.74) is 0.847. The van der Waals surface area contributed by atoms with Crippen molar-refractivity contribution < 1.29 is 18.2 Å². The third kappa shape index (κ3) is 4.60. The molecule has 25 heavy (non-hydrogen) atoms. The molecule has 6 nitrogen and oxygen atoms in total. The van der Waals surface area contributed by atoms with Crippen molar-refractivity contribution in [2.75, 3.05) is 18.8 Å². The van der Waals surface area contributed by atoms with Gasteiger partial charge in [-0.1, -0.05) is 12.1 Å². The average Bonchev–Trinajstić information content (AvgIpc) is 2.98. The van der Waals surface area contributed by atoms with Gasteiger partial charge in [0, 0.05) is 18.8 Å². The van der Waals surface area contributed by atoms with Gasteiger partial charge in [-0.15, -0.1) is 0 Å². The summed E-state index contributed by atoms with van der Waals surface area (Å²) >= 11 is 0. The largest absolute Gasteiger partial charge is 0.444 e. The normalized spacial score (nSPS) is 19.8. The van der Waals surface area contributed by atoms with Gasteiger partial charge in [0.05, 0.1) is 0 Å². The average molecular weight is 364 g/mol. The van der Waals surface area contributed by atoms with Crippen LogP contribution < -0.4 is 0 Å². The molecule has 2 heterocycles. The lowest BCUT2D eigenvalue weighted by molar-refractivity contribution is 0.0176. The van der Waals surface area contributed by atoms with Crippen LogP contribution in [0.15, 0.2) is 33.9 Å². The molecule has 1 amide bonds. The van der Waals surface area contributed by atoms with E-state index < -0.39 is 16.4 Å². The first kappa shape index (κ1) is 17.9. The van der Waals surface area contributed by atoms with Crippen molar-refractivity contribution in [1.82, 2.24) is 9.88 Å². The Morgan fingerprint density at radius 2 is 2.16 bits per heavy atom. The van der Waals surface area contributed by atoms with Gasteiger partial charge in [-0.25, -0.2) is 14.0 Å². The Labute approximate surface area is 150 Å².